The molecule has 301 valence electrons. The largest absolute Gasteiger partial charge is 1.00 e. The van der Waals surface area contributed by atoms with Crippen LogP contribution in [0, 0.1) is 13.8 Å². The van der Waals surface area contributed by atoms with Gasteiger partial charge in [-0.15, -0.1) is 11.4 Å². The number of halogens is 2. The number of sulfonamides is 2. The second-order valence-electron chi connectivity index (χ2n) is 11.4. The molecular formula is C34H30Cl2CoN10NaO8S2-. The zero-order valence-corrected chi connectivity index (χ0v) is 37.1. The summed E-state index contributed by atoms with van der Waals surface area (Å²) in [6, 6.07) is 20.1. The van der Waals surface area contributed by atoms with Gasteiger partial charge in [-0.05, 0) is 99.0 Å². The molecule has 4 N–H and O–H groups in total. The van der Waals surface area contributed by atoms with Gasteiger partial charge in [-0.3, -0.25) is 0 Å². The Morgan fingerprint density at radius 1 is 0.621 bits per heavy atom. The minimum absolute atomic E-state index is 0. The smallest absolute Gasteiger partial charge is 0.506 e. The summed E-state index contributed by atoms with van der Waals surface area (Å²) in [7, 11) is -4.92. The predicted octanol–water partition coefficient (Wildman–Crippen LogP) is 2.89. The second-order valence-corrected chi connectivity index (χ2v) is 16.0. The normalized spacial score (nSPS) is 11.6. The van der Waals surface area contributed by atoms with Crippen molar-refractivity contribution in [2.24, 2.45) is 20.5 Å². The van der Waals surface area contributed by atoms with Gasteiger partial charge >= 0.3 is 29.6 Å². The zero-order chi connectivity index (χ0) is 40.9. The summed E-state index contributed by atoms with van der Waals surface area (Å²) < 4.78 is 54.2. The van der Waals surface area contributed by atoms with Gasteiger partial charge in [0.25, 0.3) is 0 Å². The molecule has 0 bridgehead atoms. The molecule has 0 spiro atoms. The van der Waals surface area contributed by atoms with Gasteiger partial charge in [-0.25, -0.2) is 45.8 Å². The van der Waals surface area contributed by atoms with Crippen molar-refractivity contribution in [3.63, 3.8) is 0 Å². The summed E-state index contributed by atoms with van der Waals surface area (Å²) in [4.78, 5) is 25.0. The SMILES string of the molecule is CNS(=O)(=O)c1ccc(O)c(N=N[c-]2c(C)nn(-c3ccc(Cl)cc3)c2=O)c1.CNS(=O)(=O)c1ccc(O)c(N=N[c-]2c(C)nn(-c3ccc(Cl)cc3)c2=O)c1.[Co].[Na+]. The summed E-state index contributed by atoms with van der Waals surface area (Å²) in [6.07, 6.45) is 0. The first-order chi connectivity index (χ1) is 26.4. The average molecular weight is 924 g/mol. The fourth-order valence-electron chi connectivity index (χ4n) is 4.68. The third kappa shape index (κ3) is 11.0. The molecule has 0 fully saturated rings. The van der Waals surface area contributed by atoms with Crippen LogP contribution in [-0.2, 0) is 36.8 Å². The van der Waals surface area contributed by atoms with Crippen molar-refractivity contribution < 1.29 is 73.4 Å². The maximum atomic E-state index is 12.6. The van der Waals surface area contributed by atoms with Gasteiger partial charge in [0.15, 0.2) is 0 Å². The van der Waals surface area contributed by atoms with Crippen molar-refractivity contribution in [2.45, 2.75) is 23.6 Å². The van der Waals surface area contributed by atoms with Crippen molar-refractivity contribution in [2.75, 3.05) is 14.1 Å². The van der Waals surface area contributed by atoms with Crippen LogP contribution in [0.2, 0.25) is 10.0 Å². The maximum Gasteiger partial charge on any atom is 1.00 e. The van der Waals surface area contributed by atoms with Crippen LogP contribution in [0.3, 0.4) is 0 Å². The minimum Gasteiger partial charge on any atom is -0.506 e. The number of aromatic nitrogens is 4. The van der Waals surface area contributed by atoms with Crippen molar-refractivity contribution >= 4 is 66.0 Å². The van der Waals surface area contributed by atoms with Gasteiger partial charge < -0.3 is 30.0 Å². The van der Waals surface area contributed by atoms with E-state index in [1.807, 2.05) is 0 Å². The van der Waals surface area contributed by atoms with E-state index in [0.29, 0.717) is 32.8 Å². The van der Waals surface area contributed by atoms with Crippen LogP contribution in [0.1, 0.15) is 11.4 Å². The Bertz CT molecular complexity index is 2630. The van der Waals surface area contributed by atoms with Gasteiger partial charge in [-0.1, -0.05) is 48.4 Å². The molecule has 58 heavy (non-hydrogen) atoms. The zero-order valence-electron chi connectivity index (χ0n) is 30.9. The standard InChI is InChI=1S/2C17H15ClN5O4S.Co.Na/c2*1-10-16(17(25)23(22-10)12-5-3-11(18)4-6-12)21-20-14-9-13(7-8-15(14)24)28(26,27)19-2;;/h2*3-9,19,24H,1-2H3;;/q2*-1;;+1. The molecule has 0 unspecified atom stereocenters. The third-order valence-corrected chi connectivity index (χ3v) is 11.0. The Morgan fingerprint density at radius 3 is 1.26 bits per heavy atom. The van der Waals surface area contributed by atoms with Crippen molar-refractivity contribution in [3.05, 3.63) is 127 Å². The molecule has 6 aromatic rings. The first kappa shape index (κ1) is 48.0. The molecule has 0 aliphatic heterocycles. The molecule has 2 heterocycles. The quantitative estimate of drug-likeness (QED) is 0.0888. The van der Waals surface area contributed by atoms with Gasteiger partial charge in [0, 0.05) is 26.8 Å². The van der Waals surface area contributed by atoms with Crippen molar-refractivity contribution in [1.29, 1.82) is 0 Å². The average Bonchev–Trinajstić information content (AvgIpc) is 3.62. The Labute approximate surface area is 373 Å². The number of phenols is 2. The summed E-state index contributed by atoms with van der Waals surface area (Å²) in [5, 5.41) is 44.6. The number of benzene rings is 4. The number of hydrogen-bond acceptors (Lipinski definition) is 14. The molecule has 0 amide bonds. The number of azo groups is 2. The number of hydrogen-bond donors (Lipinski definition) is 4. The van der Waals surface area contributed by atoms with Crippen LogP contribution >= 0.6 is 23.2 Å². The summed E-state index contributed by atoms with van der Waals surface area (Å²) in [6.45, 7) is 3.17. The summed E-state index contributed by atoms with van der Waals surface area (Å²) >= 11 is 11.7. The van der Waals surface area contributed by atoms with E-state index in [9.17, 15) is 36.6 Å². The van der Waals surface area contributed by atoms with Crippen LogP contribution in [0.5, 0.6) is 11.5 Å². The molecule has 18 nitrogen and oxygen atoms in total. The van der Waals surface area contributed by atoms with E-state index >= 15 is 0 Å². The molecular weight excluding hydrogens is 893 g/mol. The molecule has 1 radical (unpaired) electrons. The van der Waals surface area contributed by atoms with Crippen LogP contribution in [0.25, 0.3) is 11.4 Å². The Morgan fingerprint density at radius 2 is 0.948 bits per heavy atom. The Kier molecular flexibility index (Phi) is 16.6. The van der Waals surface area contributed by atoms with Gasteiger partial charge in [0.1, 0.15) is 34.0 Å². The predicted molar refractivity (Wildman–Crippen MR) is 207 cm³/mol. The Balaban J connectivity index is 0.000000300. The van der Waals surface area contributed by atoms with Crippen LogP contribution in [0.4, 0.5) is 22.7 Å². The molecule has 0 aliphatic rings. The summed E-state index contributed by atoms with van der Waals surface area (Å²) in [5.41, 5.74) is 0.359. The van der Waals surface area contributed by atoms with Crippen LogP contribution < -0.4 is 50.1 Å². The molecule has 6 rings (SSSR count). The number of nitrogens with zero attached hydrogens (tertiary/aromatic N) is 8. The number of aromatic hydroxyl groups is 2. The van der Waals surface area contributed by atoms with Crippen molar-refractivity contribution in [3.8, 4) is 22.9 Å². The van der Waals surface area contributed by atoms with Gasteiger partial charge in [0.05, 0.1) is 21.2 Å². The fraction of sp³-hybridized carbons (Fsp3) is 0.118. The molecule has 0 saturated carbocycles. The van der Waals surface area contributed by atoms with E-state index in [-0.39, 0.29) is 90.4 Å². The van der Waals surface area contributed by atoms with E-state index in [1.165, 1.54) is 38.4 Å². The fourth-order valence-corrected chi connectivity index (χ4v) is 6.44. The molecule has 24 heteroatoms. The molecule has 0 saturated heterocycles. The Hall–Kier alpha value is -4.39. The molecule has 0 aliphatic carbocycles. The minimum atomic E-state index is -3.72. The van der Waals surface area contributed by atoms with E-state index in [1.54, 1.807) is 62.4 Å². The van der Waals surface area contributed by atoms with Crippen LogP contribution in [0.15, 0.2) is 125 Å². The topological polar surface area (TPSA) is 252 Å². The second kappa shape index (κ2) is 20.0. The molecule has 0 atom stereocenters. The first-order valence-corrected chi connectivity index (χ1v) is 19.6. The number of aryl methyl sites for hydroxylation is 2. The van der Waals surface area contributed by atoms with E-state index in [4.69, 9.17) is 23.2 Å². The van der Waals surface area contributed by atoms with Crippen molar-refractivity contribution in [1.82, 2.24) is 29.0 Å². The van der Waals surface area contributed by atoms with E-state index in [0.717, 1.165) is 21.5 Å². The van der Waals surface area contributed by atoms with E-state index in [2.05, 4.69) is 40.1 Å². The number of rotatable bonds is 10. The first-order valence-electron chi connectivity index (χ1n) is 15.9. The van der Waals surface area contributed by atoms with E-state index < -0.39 is 31.2 Å². The van der Waals surface area contributed by atoms with Crippen LogP contribution in [-0.4, -0.2) is 60.7 Å². The number of phenolic OH excluding ortho intramolecular Hbond substituents is 2. The number of nitrogens with one attached hydrogen (secondary N) is 2. The molecule has 4 aromatic carbocycles. The van der Waals surface area contributed by atoms with Gasteiger partial charge in [-0.2, -0.15) is 10.2 Å². The maximum absolute atomic E-state index is 12.6. The monoisotopic (exact) mass is 922 g/mol. The third-order valence-electron chi connectivity index (χ3n) is 7.68. The summed E-state index contributed by atoms with van der Waals surface area (Å²) in [5.74, 6) is -0.567. The molecule has 2 aromatic heterocycles. The van der Waals surface area contributed by atoms with Gasteiger partial charge in [0.2, 0.25) is 20.0 Å².